The number of Topliss-reactive ketones (excluding diaryl/α,β-unsaturated/α-hetero) is 2. The van der Waals surface area contributed by atoms with E-state index < -0.39 is 11.5 Å². The van der Waals surface area contributed by atoms with Gasteiger partial charge in [0.05, 0.1) is 0 Å². The molecule has 1 aromatic carbocycles. The normalized spacial score (nSPS) is 14.8. The second-order valence-electron chi connectivity index (χ2n) is 8.86. The number of carboxylic acids is 1. The maximum Gasteiger partial charge on any atom is 0.186 e. The minimum absolute atomic E-state index is 0. The molecule has 35 heavy (non-hydrogen) atoms. The molecule has 9 nitrogen and oxygen atoms in total. The van der Waals surface area contributed by atoms with Gasteiger partial charge in [-0.1, -0.05) is 43.2 Å². The summed E-state index contributed by atoms with van der Waals surface area (Å²) in [6.07, 6.45) is 2.85. The molecule has 0 amide bonds. The van der Waals surface area contributed by atoms with Gasteiger partial charge in [-0.3, -0.25) is 9.59 Å². The van der Waals surface area contributed by atoms with Gasteiger partial charge in [0.2, 0.25) is 0 Å². The fourth-order valence-electron chi connectivity index (χ4n) is 3.64. The number of ketones is 2. The summed E-state index contributed by atoms with van der Waals surface area (Å²) in [6, 6.07) is 9.73. The second-order valence-corrected chi connectivity index (χ2v) is 8.86. The van der Waals surface area contributed by atoms with E-state index in [1.54, 1.807) is 20.8 Å². The number of carboxylic acid groups (broad SMARTS) is 1. The van der Waals surface area contributed by atoms with E-state index in [0.29, 0.717) is 35.1 Å². The zero-order valence-electron chi connectivity index (χ0n) is 20.8. The first-order valence-electron chi connectivity index (χ1n) is 11.4. The monoisotopic (exact) mass is 493 g/mol. The minimum atomic E-state index is -1.03. The van der Waals surface area contributed by atoms with Gasteiger partial charge in [0, 0.05) is 34.2 Å². The van der Waals surface area contributed by atoms with Crippen LogP contribution in [0.5, 0.6) is 0 Å². The van der Waals surface area contributed by atoms with Crippen molar-refractivity contribution in [2.75, 3.05) is 19.8 Å². The van der Waals surface area contributed by atoms with Crippen molar-refractivity contribution in [3.8, 4) is 0 Å². The summed E-state index contributed by atoms with van der Waals surface area (Å²) in [5.41, 5.74) is 5.59. The van der Waals surface area contributed by atoms with Gasteiger partial charge >= 0.3 is 0 Å². The van der Waals surface area contributed by atoms with Gasteiger partial charge in [0.1, 0.15) is 19.8 Å². The summed E-state index contributed by atoms with van der Waals surface area (Å²) in [6.45, 7) is 4.27. The van der Waals surface area contributed by atoms with Gasteiger partial charge < -0.3 is 36.4 Å². The Kier molecular flexibility index (Phi) is 14.2. The molecular weight excluding hydrogens is 454 g/mol. The average molecular weight is 494 g/mol. The number of quaternary nitrogens is 1. The Morgan fingerprint density at radius 3 is 1.86 bits per heavy atom. The van der Waals surface area contributed by atoms with Crippen LogP contribution in [0.1, 0.15) is 64.4 Å². The SMILES string of the molecule is CC1=C(C)C(=O)C([C@H](CCCCCC(=O)[O-])c2ccccc2)=C(C)C1=O.O.[NH3+]C(CO)(CO)CO. The third-order valence-electron chi connectivity index (χ3n) is 6.16. The average Bonchev–Trinajstić information content (AvgIpc) is 2.85. The third kappa shape index (κ3) is 9.12. The van der Waals surface area contributed by atoms with Gasteiger partial charge in [0.25, 0.3) is 0 Å². The lowest BCUT2D eigenvalue weighted by Gasteiger charge is -2.26. The third-order valence-corrected chi connectivity index (χ3v) is 6.16. The molecule has 9 heteroatoms. The highest BCUT2D eigenvalue weighted by atomic mass is 16.4. The smallest absolute Gasteiger partial charge is 0.186 e. The first-order chi connectivity index (χ1) is 16.0. The lowest BCUT2D eigenvalue weighted by atomic mass is 9.76. The number of aliphatic hydroxyl groups is 3. The Morgan fingerprint density at radius 2 is 1.40 bits per heavy atom. The molecule has 0 aliphatic heterocycles. The minimum Gasteiger partial charge on any atom is -0.550 e. The van der Waals surface area contributed by atoms with Crippen LogP contribution in [0.2, 0.25) is 0 Å². The molecule has 196 valence electrons. The van der Waals surface area contributed by atoms with Gasteiger partial charge in [0.15, 0.2) is 17.1 Å². The zero-order chi connectivity index (χ0) is 25.9. The lowest BCUT2D eigenvalue weighted by molar-refractivity contribution is -0.494. The molecule has 1 aromatic rings. The largest absolute Gasteiger partial charge is 0.550 e. The van der Waals surface area contributed by atoms with Gasteiger partial charge in [-0.15, -0.1) is 0 Å². The highest BCUT2D eigenvalue weighted by molar-refractivity contribution is 6.25. The molecule has 1 aliphatic rings. The fraction of sp³-hybridized carbons (Fsp3) is 0.500. The van der Waals surface area contributed by atoms with E-state index >= 15 is 0 Å². The van der Waals surface area contributed by atoms with Crippen LogP contribution in [0, 0.1) is 0 Å². The van der Waals surface area contributed by atoms with Crippen molar-refractivity contribution in [2.45, 2.75) is 64.3 Å². The summed E-state index contributed by atoms with van der Waals surface area (Å²) < 4.78 is 0. The van der Waals surface area contributed by atoms with Crippen molar-refractivity contribution in [1.82, 2.24) is 0 Å². The maximum absolute atomic E-state index is 12.9. The van der Waals surface area contributed by atoms with E-state index in [4.69, 9.17) is 15.3 Å². The topological polar surface area (TPSA) is 194 Å². The Bertz CT molecular complexity index is 908. The van der Waals surface area contributed by atoms with Gasteiger partial charge in [-0.25, -0.2) is 0 Å². The number of allylic oxidation sites excluding steroid dienone is 4. The number of aliphatic hydroxyl groups excluding tert-OH is 3. The molecule has 0 spiro atoms. The molecule has 0 heterocycles. The Labute approximate surface area is 206 Å². The van der Waals surface area contributed by atoms with E-state index in [1.807, 2.05) is 30.3 Å². The highest BCUT2D eigenvalue weighted by Crippen LogP contribution is 2.37. The van der Waals surface area contributed by atoms with Crippen LogP contribution in [0.15, 0.2) is 52.6 Å². The number of benzene rings is 1. The van der Waals surface area contributed by atoms with Gasteiger partial charge in [-0.05, 0) is 45.6 Å². The summed E-state index contributed by atoms with van der Waals surface area (Å²) in [7, 11) is 0. The lowest BCUT2D eigenvalue weighted by Crippen LogP contribution is -2.78. The van der Waals surface area contributed by atoms with Crippen LogP contribution in [0.25, 0.3) is 0 Å². The quantitative estimate of drug-likeness (QED) is 0.233. The molecule has 0 saturated carbocycles. The summed E-state index contributed by atoms with van der Waals surface area (Å²) >= 11 is 0. The van der Waals surface area contributed by atoms with E-state index in [2.05, 4.69) is 5.73 Å². The molecule has 0 aromatic heterocycles. The predicted molar refractivity (Wildman–Crippen MR) is 129 cm³/mol. The van der Waals surface area contributed by atoms with Gasteiger partial charge in [-0.2, -0.15) is 0 Å². The number of hydrogen-bond donors (Lipinski definition) is 4. The van der Waals surface area contributed by atoms with Crippen LogP contribution in [0.3, 0.4) is 0 Å². The van der Waals surface area contributed by atoms with Crippen molar-refractivity contribution in [2.24, 2.45) is 0 Å². The summed E-state index contributed by atoms with van der Waals surface area (Å²) in [4.78, 5) is 36.0. The van der Waals surface area contributed by atoms with Crippen molar-refractivity contribution in [3.63, 3.8) is 0 Å². The standard InChI is InChI=1S/C22H26O4.C4H11NO3.H2O/c1-14-15(2)22(26)20(16(3)21(14)25)18(17-10-6-4-7-11-17)12-8-5-9-13-19(23)24;5-4(1-6,2-7)3-8;/h4,6-7,10-11,18H,5,8-9,12-13H2,1-3H3,(H,23,24);6-8H,1-3,5H2;1H2/t18-;;/m1../s1. The Morgan fingerprint density at radius 1 is 0.886 bits per heavy atom. The van der Waals surface area contributed by atoms with Crippen LogP contribution in [-0.2, 0) is 14.4 Å². The zero-order valence-corrected chi connectivity index (χ0v) is 20.8. The van der Waals surface area contributed by atoms with Crippen molar-refractivity contribution < 1.29 is 46.0 Å². The molecule has 0 saturated heterocycles. The number of aliphatic carboxylic acids is 1. The number of hydrogen-bond acceptors (Lipinski definition) is 7. The first kappa shape index (κ1) is 32.3. The molecule has 0 fully saturated rings. The number of unbranched alkanes of at least 4 members (excludes halogenated alkanes) is 2. The maximum atomic E-state index is 12.9. The summed E-state index contributed by atoms with van der Waals surface area (Å²) in [5, 5.41) is 35.8. The van der Waals surface area contributed by atoms with Crippen LogP contribution in [0.4, 0.5) is 0 Å². The number of carbonyl (C=O) groups excluding carboxylic acids is 3. The van der Waals surface area contributed by atoms with Crippen LogP contribution in [-0.4, -0.2) is 63.7 Å². The van der Waals surface area contributed by atoms with Crippen molar-refractivity contribution in [1.29, 1.82) is 0 Å². The summed E-state index contributed by atoms with van der Waals surface area (Å²) in [5.74, 6) is -1.30. The molecule has 8 N–H and O–H groups in total. The van der Waals surface area contributed by atoms with E-state index in [0.717, 1.165) is 18.4 Å². The highest BCUT2D eigenvalue weighted by Gasteiger charge is 2.33. The molecule has 0 unspecified atom stereocenters. The Hall–Kier alpha value is -2.69. The molecule has 1 atom stereocenters. The van der Waals surface area contributed by atoms with Crippen LogP contribution >= 0.6 is 0 Å². The van der Waals surface area contributed by atoms with E-state index in [-0.39, 0.29) is 49.2 Å². The van der Waals surface area contributed by atoms with Crippen molar-refractivity contribution in [3.05, 3.63) is 58.2 Å². The molecule has 1 aliphatic carbocycles. The fourth-order valence-corrected chi connectivity index (χ4v) is 3.64. The molecular formula is C26H39NO8. The molecule has 0 bridgehead atoms. The molecule has 2 rings (SSSR count). The number of carbonyl (C=O) groups is 3. The first-order valence-corrected chi connectivity index (χ1v) is 11.4. The Balaban J connectivity index is 0.00000111. The second kappa shape index (κ2) is 15.3. The number of rotatable bonds is 11. The van der Waals surface area contributed by atoms with Crippen molar-refractivity contribution >= 4 is 17.5 Å². The predicted octanol–water partition coefficient (Wildman–Crippen LogP) is -0.605. The van der Waals surface area contributed by atoms with E-state index in [9.17, 15) is 19.5 Å². The van der Waals surface area contributed by atoms with E-state index in [1.165, 1.54) is 0 Å². The molecule has 0 radical (unpaired) electrons. The van der Waals surface area contributed by atoms with Crippen LogP contribution < -0.4 is 10.8 Å².